The zero-order chi connectivity index (χ0) is 14.0. The Morgan fingerprint density at radius 2 is 1.95 bits per heavy atom. The molecule has 1 saturated heterocycles. The fourth-order valence-electron chi connectivity index (χ4n) is 2.71. The molecular formula is C15H20N4O. The maximum Gasteiger partial charge on any atom is 0.232 e. The average Bonchev–Trinajstić information content (AvgIpc) is 2.90. The molecule has 2 aromatic rings. The second-order valence-corrected chi connectivity index (χ2v) is 5.84. The van der Waals surface area contributed by atoms with E-state index in [9.17, 15) is 0 Å². The molecule has 3 rings (SSSR count). The first-order valence-corrected chi connectivity index (χ1v) is 7.08. The summed E-state index contributed by atoms with van der Waals surface area (Å²) in [6.07, 6.45) is 5.81. The Kier molecular flexibility index (Phi) is 3.53. The molecule has 0 amide bonds. The van der Waals surface area contributed by atoms with Gasteiger partial charge in [-0.2, -0.15) is 4.98 Å². The lowest BCUT2D eigenvalue weighted by Crippen LogP contribution is -2.40. The summed E-state index contributed by atoms with van der Waals surface area (Å²) in [5.41, 5.74) is 1.34. The standard InChI is InChI=1S/C15H20N4O/c1-12-17-14(20-18-12)15(2)5-9-19(10-6-15)11-13-3-7-16-8-4-13/h3-4,7-8H,5-6,9-11H2,1-2H3. The minimum atomic E-state index is 0.0238. The lowest BCUT2D eigenvalue weighted by molar-refractivity contribution is 0.137. The number of likely N-dealkylation sites (tertiary alicyclic amines) is 1. The molecule has 20 heavy (non-hydrogen) atoms. The van der Waals surface area contributed by atoms with Gasteiger partial charge in [-0.3, -0.25) is 9.88 Å². The molecule has 1 fully saturated rings. The van der Waals surface area contributed by atoms with Gasteiger partial charge in [-0.05, 0) is 50.6 Å². The highest BCUT2D eigenvalue weighted by Gasteiger charge is 2.36. The van der Waals surface area contributed by atoms with Crippen LogP contribution < -0.4 is 0 Å². The zero-order valence-electron chi connectivity index (χ0n) is 12.0. The van der Waals surface area contributed by atoms with Crippen LogP contribution >= 0.6 is 0 Å². The van der Waals surface area contributed by atoms with Gasteiger partial charge in [-0.15, -0.1) is 0 Å². The minimum Gasteiger partial charge on any atom is -0.339 e. The van der Waals surface area contributed by atoms with Crippen molar-refractivity contribution in [2.24, 2.45) is 0 Å². The Labute approximate surface area is 119 Å². The third kappa shape index (κ3) is 2.72. The van der Waals surface area contributed by atoms with Crippen LogP contribution in [0.2, 0.25) is 0 Å². The Hall–Kier alpha value is -1.75. The molecule has 1 aliphatic rings. The molecule has 106 valence electrons. The Morgan fingerprint density at radius 1 is 1.25 bits per heavy atom. The monoisotopic (exact) mass is 272 g/mol. The number of pyridine rings is 1. The van der Waals surface area contributed by atoms with Crippen molar-refractivity contribution in [1.82, 2.24) is 20.0 Å². The Morgan fingerprint density at radius 3 is 2.55 bits per heavy atom. The fourth-order valence-corrected chi connectivity index (χ4v) is 2.71. The first-order chi connectivity index (χ1) is 9.66. The van der Waals surface area contributed by atoms with Crippen molar-refractivity contribution in [2.75, 3.05) is 13.1 Å². The highest BCUT2D eigenvalue weighted by molar-refractivity contribution is 5.11. The zero-order valence-corrected chi connectivity index (χ0v) is 12.0. The normalized spacial score (nSPS) is 19.1. The van der Waals surface area contributed by atoms with Crippen LogP contribution in [0, 0.1) is 6.92 Å². The predicted molar refractivity (Wildman–Crippen MR) is 75.1 cm³/mol. The van der Waals surface area contributed by atoms with Gasteiger partial charge in [-0.25, -0.2) is 0 Å². The van der Waals surface area contributed by atoms with E-state index in [0.717, 1.165) is 44.2 Å². The molecule has 2 aromatic heterocycles. The van der Waals surface area contributed by atoms with Crippen molar-refractivity contribution in [3.05, 3.63) is 41.8 Å². The van der Waals surface area contributed by atoms with Crippen LogP contribution in [0.3, 0.4) is 0 Å². The summed E-state index contributed by atoms with van der Waals surface area (Å²) in [6, 6.07) is 4.16. The van der Waals surface area contributed by atoms with Crippen molar-refractivity contribution in [1.29, 1.82) is 0 Å². The van der Waals surface area contributed by atoms with E-state index < -0.39 is 0 Å². The molecule has 5 nitrogen and oxygen atoms in total. The van der Waals surface area contributed by atoms with Crippen molar-refractivity contribution in [3.8, 4) is 0 Å². The van der Waals surface area contributed by atoms with E-state index in [4.69, 9.17) is 4.52 Å². The SMILES string of the molecule is Cc1noc(C2(C)CCN(Cc3ccncc3)CC2)n1. The maximum atomic E-state index is 5.37. The lowest BCUT2D eigenvalue weighted by atomic mass is 9.80. The van der Waals surface area contributed by atoms with E-state index in [0.29, 0.717) is 0 Å². The topological polar surface area (TPSA) is 55.1 Å². The third-order valence-electron chi connectivity index (χ3n) is 4.16. The van der Waals surface area contributed by atoms with Crippen molar-refractivity contribution < 1.29 is 4.52 Å². The molecule has 5 heteroatoms. The summed E-state index contributed by atoms with van der Waals surface area (Å²) in [4.78, 5) is 10.9. The van der Waals surface area contributed by atoms with Gasteiger partial charge in [0.1, 0.15) is 0 Å². The highest BCUT2D eigenvalue weighted by Crippen LogP contribution is 2.34. The van der Waals surface area contributed by atoms with Gasteiger partial charge in [0.15, 0.2) is 5.82 Å². The van der Waals surface area contributed by atoms with Gasteiger partial charge in [0.25, 0.3) is 0 Å². The quantitative estimate of drug-likeness (QED) is 0.858. The summed E-state index contributed by atoms with van der Waals surface area (Å²) < 4.78 is 5.37. The maximum absolute atomic E-state index is 5.37. The van der Waals surface area contributed by atoms with Crippen molar-refractivity contribution >= 4 is 0 Å². The Bertz CT molecular complexity index is 558. The van der Waals surface area contributed by atoms with Gasteiger partial charge < -0.3 is 4.52 Å². The highest BCUT2D eigenvalue weighted by atomic mass is 16.5. The molecule has 0 unspecified atom stereocenters. The second kappa shape index (κ2) is 5.32. The minimum absolute atomic E-state index is 0.0238. The molecule has 3 heterocycles. The Balaban J connectivity index is 1.62. The average molecular weight is 272 g/mol. The lowest BCUT2D eigenvalue weighted by Gasteiger charge is -2.36. The summed E-state index contributed by atoms with van der Waals surface area (Å²) >= 11 is 0. The first kappa shape index (κ1) is 13.2. The summed E-state index contributed by atoms with van der Waals surface area (Å²) in [5.74, 6) is 1.51. The van der Waals surface area contributed by atoms with Crippen LogP contribution in [-0.4, -0.2) is 33.1 Å². The van der Waals surface area contributed by atoms with Crippen LogP contribution in [0.25, 0.3) is 0 Å². The molecule has 0 N–H and O–H groups in total. The van der Waals surface area contributed by atoms with Crippen LogP contribution in [0.5, 0.6) is 0 Å². The number of hydrogen-bond donors (Lipinski definition) is 0. The molecular weight excluding hydrogens is 252 g/mol. The van der Waals surface area contributed by atoms with E-state index in [2.05, 4.69) is 39.1 Å². The first-order valence-electron chi connectivity index (χ1n) is 7.08. The van der Waals surface area contributed by atoms with Crippen molar-refractivity contribution in [2.45, 2.75) is 38.6 Å². The van der Waals surface area contributed by atoms with Crippen LogP contribution in [0.15, 0.2) is 29.0 Å². The van der Waals surface area contributed by atoms with Crippen molar-refractivity contribution in [3.63, 3.8) is 0 Å². The third-order valence-corrected chi connectivity index (χ3v) is 4.16. The number of aromatic nitrogens is 3. The number of piperidine rings is 1. The molecule has 0 bridgehead atoms. The molecule has 0 atom stereocenters. The predicted octanol–water partition coefficient (Wildman–Crippen LogP) is 2.33. The van der Waals surface area contributed by atoms with E-state index in [-0.39, 0.29) is 5.41 Å². The summed E-state index contributed by atoms with van der Waals surface area (Å²) in [6.45, 7) is 7.20. The largest absolute Gasteiger partial charge is 0.339 e. The number of hydrogen-bond acceptors (Lipinski definition) is 5. The van der Waals surface area contributed by atoms with Crippen LogP contribution in [0.4, 0.5) is 0 Å². The van der Waals surface area contributed by atoms with Gasteiger partial charge in [0.05, 0.1) is 0 Å². The number of rotatable bonds is 3. The molecule has 0 spiro atoms. The van der Waals surface area contributed by atoms with E-state index >= 15 is 0 Å². The summed E-state index contributed by atoms with van der Waals surface area (Å²) in [7, 11) is 0. The van der Waals surface area contributed by atoms with E-state index in [1.165, 1.54) is 5.56 Å². The molecule has 0 radical (unpaired) electrons. The van der Waals surface area contributed by atoms with E-state index in [1.807, 2.05) is 19.3 Å². The second-order valence-electron chi connectivity index (χ2n) is 5.84. The van der Waals surface area contributed by atoms with Gasteiger partial charge in [-0.1, -0.05) is 12.1 Å². The molecule has 0 aliphatic carbocycles. The molecule has 0 saturated carbocycles. The summed E-state index contributed by atoms with van der Waals surface area (Å²) in [5, 5.41) is 3.92. The fraction of sp³-hybridized carbons (Fsp3) is 0.533. The molecule has 0 aromatic carbocycles. The van der Waals surface area contributed by atoms with Gasteiger partial charge in [0.2, 0.25) is 5.89 Å². The van der Waals surface area contributed by atoms with Gasteiger partial charge in [0, 0.05) is 24.4 Å². The van der Waals surface area contributed by atoms with Crippen LogP contribution in [-0.2, 0) is 12.0 Å². The van der Waals surface area contributed by atoms with Gasteiger partial charge >= 0.3 is 0 Å². The van der Waals surface area contributed by atoms with Crippen LogP contribution in [0.1, 0.15) is 37.0 Å². The number of aryl methyl sites for hydroxylation is 1. The molecule has 1 aliphatic heterocycles. The smallest absolute Gasteiger partial charge is 0.232 e. The van der Waals surface area contributed by atoms with E-state index in [1.54, 1.807) is 0 Å². The number of nitrogens with zero attached hydrogens (tertiary/aromatic N) is 4.